The van der Waals surface area contributed by atoms with Gasteiger partial charge in [-0.15, -0.1) is 0 Å². The van der Waals surface area contributed by atoms with Crippen molar-refractivity contribution in [1.29, 1.82) is 0 Å². The van der Waals surface area contributed by atoms with Crippen LogP contribution in [-0.4, -0.2) is 63.1 Å². The first-order valence-electron chi connectivity index (χ1n) is 7.56. The van der Waals surface area contributed by atoms with E-state index in [2.05, 4.69) is 10.3 Å². The van der Waals surface area contributed by atoms with Gasteiger partial charge in [0, 0.05) is 40.3 Å². The lowest BCUT2D eigenvalue weighted by molar-refractivity contribution is 0.432. The van der Waals surface area contributed by atoms with Crippen LogP contribution in [-0.2, 0) is 16.6 Å². The van der Waals surface area contributed by atoms with Crippen molar-refractivity contribution in [2.24, 2.45) is 4.99 Å². The Labute approximate surface area is 137 Å². The fourth-order valence-corrected chi connectivity index (χ4v) is 4.09. The molecule has 1 saturated heterocycles. The van der Waals surface area contributed by atoms with E-state index in [1.54, 1.807) is 19.2 Å². The fourth-order valence-electron chi connectivity index (χ4n) is 2.56. The molecule has 1 aromatic carbocycles. The van der Waals surface area contributed by atoms with Crippen molar-refractivity contribution in [3.05, 3.63) is 35.6 Å². The molecular formula is C15H23FN4O2S. The van der Waals surface area contributed by atoms with Gasteiger partial charge in [-0.05, 0) is 24.1 Å². The summed E-state index contributed by atoms with van der Waals surface area (Å²) in [7, 11) is 0.497. The quantitative estimate of drug-likeness (QED) is 0.637. The normalized spacial score (nSPS) is 18.1. The molecule has 0 radical (unpaired) electrons. The largest absolute Gasteiger partial charge is 0.355 e. The Morgan fingerprint density at radius 1 is 1.39 bits per heavy atom. The highest BCUT2D eigenvalue weighted by Crippen LogP contribution is 2.12. The van der Waals surface area contributed by atoms with Crippen molar-refractivity contribution in [2.75, 3.05) is 39.5 Å². The lowest BCUT2D eigenvalue weighted by atomic mass is 10.2. The van der Waals surface area contributed by atoms with Gasteiger partial charge >= 0.3 is 0 Å². The van der Waals surface area contributed by atoms with Crippen LogP contribution in [0.4, 0.5) is 4.39 Å². The summed E-state index contributed by atoms with van der Waals surface area (Å²) >= 11 is 0. The van der Waals surface area contributed by atoms with Gasteiger partial charge in [0.2, 0.25) is 10.0 Å². The summed E-state index contributed by atoms with van der Waals surface area (Å²) in [5.74, 6) is 0.656. The molecule has 2 rings (SSSR count). The van der Waals surface area contributed by atoms with E-state index in [0.29, 0.717) is 38.6 Å². The minimum atomic E-state index is -3.06. The molecule has 0 unspecified atom stereocenters. The van der Waals surface area contributed by atoms with Crippen LogP contribution in [0.1, 0.15) is 12.0 Å². The summed E-state index contributed by atoms with van der Waals surface area (Å²) in [6, 6.07) is 6.32. The molecule has 1 N–H and O–H groups in total. The van der Waals surface area contributed by atoms with Gasteiger partial charge in [0.05, 0.1) is 5.75 Å². The average Bonchev–Trinajstić information content (AvgIpc) is 2.84. The molecule has 0 saturated carbocycles. The maximum atomic E-state index is 12.9. The Bertz CT molecular complexity index is 646. The minimum absolute atomic E-state index is 0.242. The van der Waals surface area contributed by atoms with E-state index in [-0.39, 0.29) is 11.6 Å². The SMILES string of the molecule is CN=C(NCCN1CCCS1(=O)=O)N(C)Cc1ccc(F)cc1. The molecule has 8 heteroatoms. The lowest BCUT2D eigenvalue weighted by Crippen LogP contribution is -2.42. The topological polar surface area (TPSA) is 65.0 Å². The Morgan fingerprint density at radius 2 is 2.09 bits per heavy atom. The first-order chi connectivity index (χ1) is 10.9. The number of rotatable bonds is 5. The van der Waals surface area contributed by atoms with E-state index in [9.17, 15) is 12.8 Å². The smallest absolute Gasteiger partial charge is 0.214 e. The molecule has 1 aliphatic rings. The van der Waals surface area contributed by atoms with Crippen molar-refractivity contribution in [2.45, 2.75) is 13.0 Å². The molecule has 0 atom stereocenters. The molecule has 1 fully saturated rings. The first-order valence-corrected chi connectivity index (χ1v) is 9.17. The molecule has 0 aliphatic carbocycles. The molecule has 1 aliphatic heterocycles. The van der Waals surface area contributed by atoms with Crippen LogP contribution in [0.2, 0.25) is 0 Å². The van der Waals surface area contributed by atoms with Crippen LogP contribution in [0.3, 0.4) is 0 Å². The zero-order valence-corrected chi connectivity index (χ0v) is 14.3. The van der Waals surface area contributed by atoms with Crippen molar-refractivity contribution in [1.82, 2.24) is 14.5 Å². The Hall–Kier alpha value is -1.67. The molecule has 128 valence electrons. The molecule has 23 heavy (non-hydrogen) atoms. The van der Waals surface area contributed by atoms with E-state index < -0.39 is 10.0 Å². The second-order valence-electron chi connectivity index (χ2n) is 5.53. The number of aliphatic imine (C=N–C) groups is 1. The number of hydrogen-bond acceptors (Lipinski definition) is 3. The van der Waals surface area contributed by atoms with Crippen molar-refractivity contribution < 1.29 is 12.8 Å². The standard InChI is InChI=1S/C15H23FN4O2S/c1-17-15(18-8-10-20-9-3-11-23(20,21)22)19(2)12-13-4-6-14(16)7-5-13/h4-7H,3,8-12H2,1-2H3,(H,17,18). The van der Waals surface area contributed by atoms with Gasteiger partial charge in [0.25, 0.3) is 0 Å². The van der Waals surface area contributed by atoms with Crippen LogP contribution < -0.4 is 5.32 Å². The van der Waals surface area contributed by atoms with Gasteiger partial charge in [-0.2, -0.15) is 0 Å². The van der Waals surface area contributed by atoms with E-state index in [1.807, 2.05) is 11.9 Å². The third-order valence-corrected chi connectivity index (χ3v) is 5.71. The molecule has 0 bridgehead atoms. The molecule has 1 heterocycles. The minimum Gasteiger partial charge on any atom is -0.355 e. The van der Waals surface area contributed by atoms with Crippen LogP contribution >= 0.6 is 0 Å². The maximum absolute atomic E-state index is 12.9. The van der Waals surface area contributed by atoms with Crippen molar-refractivity contribution in [3.63, 3.8) is 0 Å². The number of hydrogen-bond donors (Lipinski definition) is 1. The van der Waals surface area contributed by atoms with E-state index in [1.165, 1.54) is 16.4 Å². The highest BCUT2D eigenvalue weighted by Gasteiger charge is 2.27. The van der Waals surface area contributed by atoms with E-state index in [4.69, 9.17) is 0 Å². The zero-order chi connectivity index (χ0) is 16.9. The number of benzene rings is 1. The van der Waals surface area contributed by atoms with Gasteiger partial charge in [0.1, 0.15) is 5.82 Å². The maximum Gasteiger partial charge on any atom is 0.214 e. The zero-order valence-electron chi connectivity index (χ0n) is 13.5. The molecule has 0 spiro atoms. The number of guanidine groups is 1. The number of halogens is 1. The third-order valence-electron chi connectivity index (χ3n) is 3.75. The Balaban J connectivity index is 1.83. The van der Waals surface area contributed by atoms with Gasteiger partial charge < -0.3 is 10.2 Å². The predicted molar refractivity (Wildman–Crippen MR) is 89.2 cm³/mol. The van der Waals surface area contributed by atoms with Crippen LogP contribution in [0.15, 0.2) is 29.3 Å². The van der Waals surface area contributed by atoms with Crippen LogP contribution in [0, 0.1) is 5.82 Å². The summed E-state index contributed by atoms with van der Waals surface area (Å²) in [5.41, 5.74) is 0.971. The molecule has 6 nitrogen and oxygen atoms in total. The third kappa shape index (κ3) is 4.90. The van der Waals surface area contributed by atoms with E-state index in [0.717, 1.165) is 5.56 Å². The van der Waals surface area contributed by atoms with Gasteiger partial charge in [-0.1, -0.05) is 12.1 Å². The average molecular weight is 342 g/mol. The van der Waals surface area contributed by atoms with Gasteiger partial charge in [-0.3, -0.25) is 4.99 Å². The van der Waals surface area contributed by atoms with Gasteiger partial charge in [-0.25, -0.2) is 17.1 Å². The molecule has 0 aromatic heterocycles. The van der Waals surface area contributed by atoms with E-state index >= 15 is 0 Å². The molecule has 0 amide bonds. The Kier molecular flexibility index (Phi) is 5.95. The lowest BCUT2D eigenvalue weighted by Gasteiger charge is -2.23. The van der Waals surface area contributed by atoms with Crippen LogP contribution in [0.5, 0.6) is 0 Å². The van der Waals surface area contributed by atoms with Crippen LogP contribution in [0.25, 0.3) is 0 Å². The molecule has 1 aromatic rings. The number of nitrogens with one attached hydrogen (secondary N) is 1. The monoisotopic (exact) mass is 342 g/mol. The number of nitrogens with zero attached hydrogens (tertiary/aromatic N) is 3. The van der Waals surface area contributed by atoms with Gasteiger partial charge in [0.15, 0.2) is 5.96 Å². The summed E-state index contributed by atoms with van der Waals surface area (Å²) < 4.78 is 37.9. The summed E-state index contributed by atoms with van der Waals surface area (Å²) in [5, 5.41) is 3.16. The predicted octanol–water partition coefficient (Wildman–Crippen LogP) is 0.868. The number of sulfonamides is 1. The highest BCUT2D eigenvalue weighted by atomic mass is 32.2. The summed E-state index contributed by atoms with van der Waals surface area (Å²) in [6.07, 6.45) is 0.696. The molecular weight excluding hydrogens is 319 g/mol. The summed E-state index contributed by atoms with van der Waals surface area (Å²) in [6.45, 7) is 2.11. The second-order valence-corrected chi connectivity index (χ2v) is 7.61. The Morgan fingerprint density at radius 3 is 2.65 bits per heavy atom. The second kappa shape index (κ2) is 7.74. The fraction of sp³-hybridized carbons (Fsp3) is 0.533. The van der Waals surface area contributed by atoms with Crippen molar-refractivity contribution in [3.8, 4) is 0 Å². The first kappa shape index (κ1) is 17.7. The highest BCUT2D eigenvalue weighted by molar-refractivity contribution is 7.89. The summed E-state index contributed by atoms with van der Waals surface area (Å²) in [4.78, 5) is 6.10. The van der Waals surface area contributed by atoms with Crippen molar-refractivity contribution >= 4 is 16.0 Å².